The molecular formula is C20H24N2O2. The van der Waals surface area contributed by atoms with Crippen LogP contribution in [0.3, 0.4) is 0 Å². The number of anilines is 1. The number of likely N-dealkylation sites (tertiary alicyclic amines) is 1. The maximum absolute atomic E-state index is 12.6. The molecule has 0 bridgehead atoms. The van der Waals surface area contributed by atoms with Crippen LogP contribution in [0.15, 0.2) is 48.5 Å². The van der Waals surface area contributed by atoms with E-state index in [4.69, 9.17) is 10.5 Å². The van der Waals surface area contributed by atoms with E-state index in [0.29, 0.717) is 29.5 Å². The second kappa shape index (κ2) is 7.39. The van der Waals surface area contributed by atoms with Gasteiger partial charge in [0.2, 0.25) is 0 Å². The van der Waals surface area contributed by atoms with E-state index in [1.807, 2.05) is 35.2 Å². The Morgan fingerprint density at radius 3 is 2.54 bits per heavy atom. The van der Waals surface area contributed by atoms with E-state index >= 15 is 0 Å². The molecule has 0 spiro atoms. The van der Waals surface area contributed by atoms with Gasteiger partial charge < -0.3 is 15.4 Å². The molecular weight excluding hydrogens is 300 g/mol. The van der Waals surface area contributed by atoms with Crippen LogP contribution in [-0.4, -0.2) is 23.9 Å². The Labute approximate surface area is 143 Å². The van der Waals surface area contributed by atoms with Gasteiger partial charge in [-0.2, -0.15) is 0 Å². The Bertz CT molecular complexity index is 692. The second-order valence-corrected chi connectivity index (χ2v) is 6.50. The number of nitrogen functional groups attached to an aromatic ring is 1. The van der Waals surface area contributed by atoms with Crippen LogP contribution >= 0.6 is 0 Å². The van der Waals surface area contributed by atoms with Crippen molar-refractivity contribution in [2.75, 3.05) is 18.8 Å². The summed E-state index contributed by atoms with van der Waals surface area (Å²) in [5.74, 6) is 1.37. The zero-order chi connectivity index (χ0) is 16.9. The maximum atomic E-state index is 12.6. The van der Waals surface area contributed by atoms with Crippen molar-refractivity contribution in [2.24, 2.45) is 5.92 Å². The predicted octanol–water partition coefficient (Wildman–Crippen LogP) is 3.72. The molecule has 3 rings (SSSR count). The van der Waals surface area contributed by atoms with Crippen molar-refractivity contribution < 1.29 is 9.53 Å². The van der Waals surface area contributed by atoms with E-state index in [-0.39, 0.29) is 5.91 Å². The summed E-state index contributed by atoms with van der Waals surface area (Å²) in [5.41, 5.74) is 8.30. The molecule has 1 heterocycles. The molecule has 2 N–H and O–H groups in total. The first-order chi connectivity index (χ1) is 11.6. The molecule has 0 radical (unpaired) electrons. The van der Waals surface area contributed by atoms with Crippen LogP contribution < -0.4 is 10.5 Å². The fourth-order valence-electron chi connectivity index (χ4n) is 2.94. The lowest BCUT2D eigenvalue weighted by Gasteiger charge is -2.30. The highest BCUT2D eigenvalue weighted by Crippen LogP contribution is 2.25. The molecule has 1 fully saturated rings. The summed E-state index contributed by atoms with van der Waals surface area (Å²) in [5, 5.41) is 0. The molecule has 0 aliphatic carbocycles. The third-order valence-electron chi connectivity index (χ3n) is 4.56. The Morgan fingerprint density at radius 2 is 1.88 bits per heavy atom. The summed E-state index contributed by atoms with van der Waals surface area (Å²) in [6, 6.07) is 15.2. The number of hydrogen-bond acceptors (Lipinski definition) is 3. The molecule has 2 aromatic rings. The largest absolute Gasteiger partial charge is 0.487 e. The van der Waals surface area contributed by atoms with E-state index in [1.54, 1.807) is 18.2 Å². The molecule has 1 amide bonds. The Balaban J connectivity index is 1.64. The minimum atomic E-state index is 0.0585. The molecule has 0 atom stereocenters. The topological polar surface area (TPSA) is 55.6 Å². The van der Waals surface area contributed by atoms with Gasteiger partial charge in [0, 0.05) is 18.7 Å². The van der Waals surface area contributed by atoms with Crippen LogP contribution in [0.1, 0.15) is 35.7 Å². The molecule has 0 saturated carbocycles. The van der Waals surface area contributed by atoms with Crippen molar-refractivity contribution in [1.29, 1.82) is 0 Å². The summed E-state index contributed by atoms with van der Waals surface area (Å²) >= 11 is 0. The number of nitrogens with two attached hydrogens (primary N) is 1. The number of benzene rings is 2. The first-order valence-corrected chi connectivity index (χ1v) is 8.49. The van der Waals surface area contributed by atoms with Gasteiger partial charge in [-0.05, 0) is 42.5 Å². The second-order valence-electron chi connectivity index (χ2n) is 6.50. The smallest absolute Gasteiger partial charge is 0.253 e. The van der Waals surface area contributed by atoms with Gasteiger partial charge in [0.15, 0.2) is 0 Å². The minimum Gasteiger partial charge on any atom is -0.487 e. The summed E-state index contributed by atoms with van der Waals surface area (Å²) < 4.78 is 5.77. The quantitative estimate of drug-likeness (QED) is 0.872. The van der Waals surface area contributed by atoms with Gasteiger partial charge in [0.05, 0.1) is 5.69 Å². The highest BCUT2D eigenvalue weighted by molar-refractivity contribution is 5.95. The summed E-state index contributed by atoms with van der Waals surface area (Å²) in [7, 11) is 0. The number of amides is 1. The molecule has 1 aliphatic rings. The zero-order valence-electron chi connectivity index (χ0n) is 14.1. The van der Waals surface area contributed by atoms with Crippen LogP contribution in [-0.2, 0) is 6.61 Å². The predicted molar refractivity (Wildman–Crippen MR) is 95.9 cm³/mol. The number of piperidine rings is 1. The number of hydrogen-bond donors (Lipinski definition) is 1. The first-order valence-electron chi connectivity index (χ1n) is 8.49. The Hall–Kier alpha value is -2.49. The van der Waals surface area contributed by atoms with Gasteiger partial charge in [-0.25, -0.2) is 0 Å². The van der Waals surface area contributed by atoms with E-state index in [2.05, 4.69) is 6.92 Å². The first kappa shape index (κ1) is 16.4. The van der Waals surface area contributed by atoms with Crippen molar-refractivity contribution >= 4 is 11.6 Å². The van der Waals surface area contributed by atoms with Gasteiger partial charge in [-0.15, -0.1) is 0 Å². The normalized spacial score (nSPS) is 15.3. The average Bonchev–Trinajstić information content (AvgIpc) is 2.61. The van der Waals surface area contributed by atoms with Crippen molar-refractivity contribution in [2.45, 2.75) is 26.4 Å². The number of ether oxygens (including phenoxy) is 1. The molecule has 1 saturated heterocycles. The van der Waals surface area contributed by atoms with Gasteiger partial charge in [-0.1, -0.05) is 37.3 Å². The number of carbonyl (C=O) groups is 1. The fourth-order valence-corrected chi connectivity index (χ4v) is 2.94. The van der Waals surface area contributed by atoms with Crippen molar-refractivity contribution in [3.05, 3.63) is 59.7 Å². The highest BCUT2D eigenvalue weighted by atomic mass is 16.5. The van der Waals surface area contributed by atoms with Gasteiger partial charge in [0.1, 0.15) is 12.4 Å². The molecule has 4 heteroatoms. The summed E-state index contributed by atoms with van der Waals surface area (Å²) in [6.07, 6.45) is 2.14. The van der Waals surface area contributed by atoms with E-state index in [9.17, 15) is 4.79 Å². The SMILES string of the molecule is CC1CCN(C(=O)c2ccc(OCc3ccccc3)c(N)c2)CC1. The third-order valence-corrected chi connectivity index (χ3v) is 4.56. The zero-order valence-corrected chi connectivity index (χ0v) is 14.1. The summed E-state index contributed by atoms with van der Waals surface area (Å²) in [6.45, 7) is 4.35. The summed E-state index contributed by atoms with van der Waals surface area (Å²) in [4.78, 5) is 14.5. The molecule has 0 aromatic heterocycles. The monoisotopic (exact) mass is 324 g/mol. The van der Waals surface area contributed by atoms with Crippen LogP contribution in [0.2, 0.25) is 0 Å². The Morgan fingerprint density at radius 1 is 1.17 bits per heavy atom. The van der Waals surface area contributed by atoms with Crippen LogP contribution in [0, 0.1) is 5.92 Å². The highest BCUT2D eigenvalue weighted by Gasteiger charge is 2.21. The molecule has 126 valence electrons. The maximum Gasteiger partial charge on any atom is 0.253 e. The molecule has 24 heavy (non-hydrogen) atoms. The molecule has 1 aliphatic heterocycles. The molecule has 0 unspecified atom stereocenters. The van der Waals surface area contributed by atoms with Crippen LogP contribution in [0.5, 0.6) is 5.75 Å². The van der Waals surface area contributed by atoms with Crippen LogP contribution in [0.25, 0.3) is 0 Å². The molecule has 4 nitrogen and oxygen atoms in total. The minimum absolute atomic E-state index is 0.0585. The third kappa shape index (κ3) is 3.88. The lowest BCUT2D eigenvalue weighted by atomic mass is 9.98. The van der Waals surface area contributed by atoms with Crippen molar-refractivity contribution in [1.82, 2.24) is 4.90 Å². The van der Waals surface area contributed by atoms with E-state index < -0.39 is 0 Å². The van der Waals surface area contributed by atoms with Crippen molar-refractivity contribution in [3.63, 3.8) is 0 Å². The van der Waals surface area contributed by atoms with Crippen molar-refractivity contribution in [3.8, 4) is 5.75 Å². The van der Waals surface area contributed by atoms with Gasteiger partial charge in [-0.3, -0.25) is 4.79 Å². The van der Waals surface area contributed by atoms with Crippen LogP contribution in [0.4, 0.5) is 5.69 Å². The fraction of sp³-hybridized carbons (Fsp3) is 0.350. The lowest BCUT2D eigenvalue weighted by molar-refractivity contribution is 0.0697. The number of rotatable bonds is 4. The van der Waals surface area contributed by atoms with Gasteiger partial charge in [0.25, 0.3) is 5.91 Å². The number of carbonyl (C=O) groups excluding carboxylic acids is 1. The molecule has 2 aromatic carbocycles. The Kier molecular flexibility index (Phi) is 5.04. The number of nitrogens with zero attached hydrogens (tertiary/aromatic N) is 1. The van der Waals surface area contributed by atoms with Gasteiger partial charge >= 0.3 is 0 Å². The lowest BCUT2D eigenvalue weighted by Crippen LogP contribution is -2.37. The van der Waals surface area contributed by atoms with E-state index in [0.717, 1.165) is 31.5 Å². The average molecular weight is 324 g/mol. The standard InChI is InChI=1S/C20H24N2O2/c1-15-9-11-22(12-10-15)20(23)17-7-8-19(18(21)13-17)24-14-16-5-3-2-4-6-16/h2-8,13,15H,9-12,14,21H2,1H3. The van der Waals surface area contributed by atoms with E-state index in [1.165, 1.54) is 0 Å².